The Balaban J connectivity index is 1.72. The number of benzene rings is 3. The van der Waals surface area contributed by atoms with Crippen LogP contribution in [0.5, 0.6) is 0 Å². The van der Waals surface area contributed by atoms with E-state index in [0.29, 0.717) is 5.57 Å². The molecule has 0 amide bonds. The van der Waals surface area contributed by atoms with Gasteiger partial charge in [0.1, 0.15) is 0 Å². The molecular formula is C21H14OS. The minimum atomic E-state index is 0.00137. The monoisotopic (exact) mass is 314 g/mol. The zero-order valence-electron chi connectivity index (χ0n) is 12.5. The minimum Gasteiger partial charge on any atom is -0.288 e. The van der Waals surface area contributed by atoms with Crippen LogP contribution < -0.4 is 0 Å². The van der Waals surface area contributed by atoms with Gasteiger partial charge in [-0.1, -0.05) is 61.2 Å². The summed E-state index contributed by atoms with van der Waals surface area (Å²) in [5, 5.41) is 3.39. The van der Waals surface area contributed by atoms with Gasteiger partial charge in [0.05, 0.1) is 4.88 Å². The second-order valence-corrected chi connectivity index (χ2v) is 6.60. The summed E-state index contributed by atoms with van der Waals surface area (Å²) in [7, 11) is 0. The van der Waals surface area contributed by atoms with Crippen LogP contribution in [-0.2, 0) is 0 Å². The number of carbonyl (C=O) groups is 1. The van der Waals surface area contributed by atoms with Gasteiger partial charge in [0.2, 0.25) is 5.78 Å². The Kier molecular flexibility index (Phi) is 3.32. The molecule has 0 bridgehead atoms. The van der Waals surface area contributed by atoms with Gasteiger partial charge in [-0.05, 0) is 39.9 Å². The molecule has 3 aromatic carbocycles. The summed E-state index contributed by atoms with van der Waals surface area (Å²) in [5.41, 5.74) is 1.42. The van der Waals surface area contributed by atoms with E-state index in [1.54, 1.807) is 0 Å². The number of hydrogen-bond acceptors (Lipinski definition) is 2. The van der Waals surface area contributed by atoms with Crippen molar-refractivity contribution >= 4 is 43.6 Å². The Hall–Kier alpha value is -2.71. The largest absolute Gasteiger partial charge is 0.288 e. The Morgan fingerprint density at radius 3 is 2.26 bits per heavy atom. The van der Waals surface area contributed by atoms with E-state index < -0.39 is 0 Å². The van der Waals surface area contributed by atoms with E-state index in [9.17, 15) is 4.79 Å². The van der Waals surface area contributed by atoms with Gasteiger partial charge < -0.3 is 0 Å². The maximum absolute atomic E-state index is 12.8. The van der Waals surface area contributed by atoms with Crippen LogP contribution in [0.1, 0.15) is 15.2 Å². The van der Waals surface area contributed by atoms with E-state index in [4.69, 9.17) is 0 Å². The van der Waals surface area contributed by atoms with Crippen molar-refractivity contribution in [3.05, 3.63) is 89.8 Å². The molecule has 1 nitrogen and oxygen atoms in total. The summed E-state index contributed by atoms with van der Waals surface area (Å²) in [4.78, 5) is 13.5. The van der Waals surface area contributed by atoms with Crippen LogP contribution >= 0.6 is 11.3 Å². The minimum absolute atomic E-state index is 0.00137. The molecule has 4 aromatic rings. The number of Topliss-reactive ketones (excluding diaryl/α,β-unsaturated/α-hetero) is 1. The standard InChI is InChI=1S/C21H14OS/c1-14(16-11-10-15-6-2-3-7-17(15)12-16)21(22)20-13-18-8-4-5-9-19(18)23-20/h2-13H,1H2. The molecule has 0 radical (unpaired) electrons. The van der Waals surface area contributed by atoms with Crippen molar-refractivity contribution in [2.45, 2.75) is 0 Å². The van der Waals surface area contributed by atoms with E-state index in [1.807, 2.05) is 60.7 Å². The topological polar surface area (TPSA) is 17.1 Å². The molecular weight excluding hydrogens is 300 g/mol. The molecule has 0 aliphatic heterocycles. The fraction of sp³-hybridized carbons (Fsp3) is 0. The number of carbonyl (C=O) groups excluding carboxylic acids is 1. The third-order valence-electron chi connectivity index (χ3n) is 4.02. The summed E-state index contributed by atoms with van der Waals surface area (Å²) in [6.45, 7) is 4.04. The van der Waals surface area contributed by atoms with Crippen molar-refractivity contribution in [1.82, 2.24) is 0 Å². The summed E-state index contributed by atoms with van der Waals surface area (Å²) >= 11 is 1.52. The first-order chi connectivity index (χ1) is 11.2. The highest BCUT2D eigenvalue weighted by molar-refractivity contribution is 7.21. The van der Waals surface area contributed by atoms with Gasteiger partial charge in [-0.25, -0.2) is 0 Å². The highest BCUT2D eigenvalue weighted by Gasteiger charge is 2.15. The lowest BCUT2D eigenvalue weighted by Gasteiger charge is -2.05. The number of ketones is 1. The van der Waals surface area contributed by atoms with Crippen LogP contribution in [0.2, 0.25) is 0 Å². The third-order valence-corrected chi connectivity index (χ3v) is 5.14. The second kappa shape index (κ2) is 5.49. The first-order valence-corrected chi connectivity index (χ1v) is 8.25. The summed E-state index contributed by atoms with van der Waals surface area (Å²) < 4.78 is 1.13. The van der Waals surface area contributed by atoms with E-state index in [2.05, 4.69) is 18.7 Å². The zero-order valence-corrected chi connectivity index (χ0v) is 13.3. The Morgan fingerprint density at radius 2 is 1.48 bits per heavy atom. The first-order valence-electron chi connectivity index (χ1n) is 7.44. The van der Waals surface area contributed by atoms with Crippen LogP contribution in [0, 0.1) is 0 Å². The predicted molar refractivity (Wildman–Crippen MR) is 99.1 cm³/mol. The summed E-state index contributed by atoms with van der Waals surface area (Å²) in [6, 6.07) is 24.2. The van der Waals surface area contributed by atoms with E-state index >= 15 is 0 Å². The summed E-state index contributed by atoms with van der Waals surface area (Å²) in [5.74, 6) is 0.00137. The molecule has 0 spiro atoms. The molecule has 23 heavy (non-hydrogen) atoms. The van der Waals surface area contributed by atoms with Gasteiger partial charge in [0.25, 0.3) is 0 Å². The van der Waals surface area contributed by atoms with Crippen molar-refractivity contribution < 1.29 is 4.79 Å². The zero-order chi connectivity index (χ0) is 15.8. The SMILES string of the molecule is C=C(C(=O)c1cc2ccccc2s1)c1ccc2ccccc2c1. The highest BCUT2D eigenvalue weighted by Crippen LogP contribution is 2.30. The first kappa shape index (κ1) is 13.9. The quantitative estimate of drug-likeness (QED) is 0.337. The lowest BCUT2D eigenvalue weighted by atomic mass is 9.99. The number of fused-ring (bicyclic) bond motifs is 2. The van der Waals surface area contributed by atoms with Gasteiger partial charge in [-0.2, -0.15) is 0 Å². The third kappa shape index (κ3) is 2.47. The molecule has 0 fully saturated rings. The molecule has 1 aromatic heterocycles. The maximum atomic E-state index is 12.8. The van der Waals surface area contributed by atoms with Crippen molar-refractivity contribution in [2.75, 3.05) is 0 Å². The molecule has 0 saturated heterocycles. The van der Waals surface area contributed by atoms with Crippen LogP contribution in [-0.4, -0.2) is 5.78 Å². The van der Waals surface area contributed by atoms with E-state index in [1.165, 1.54) is 16.7 Å². The number of rotatable bonds is 3. The van der Waals surface area contributed by atoms with Crippen molar-refractivity contribution in [3.63, 3.8) is 0 Å². The van der Waals surface area contributed by atoms with E-state index in [-0.39, 0.29) is 5.78 Å². The molecule has 0 saturated carbocycles. The van der Waals surface area contributed by atoms with Gasteiger partial charge in [-0.15, -0.1) is 11.3 Å². The van der Waals surface area contributed by atoms with Crippen molar-refractivity contribution in [1.29, 1.82) is 0 Å². The van der Waals surface area contributed by atoms with Gasteiger partial charge in [0, 0.05) is 10.3 Å². The van der Waals surface area contributed by atoms with Gasteiger partial charge in [-0.3, -0.25) is 4.79 Å². The number of allylic oxidation sites excluding steroid dienone is 1. The lowest BCUT2D eigenvalue weighted by Crippen LogP contribution is -1.99. The Morgan fingerprint density at radius 1 is 0.783 bits per heavy atom. The van der Waals surface area contributed by atoms with Gasteiger partial charge in [0.15, 0.2) is 0 Å². The van der Waals surface area contributed by atoms with E-state index in [0.717, 1.165) is 25.9 Å². The molecule has 0 unspecified atom stereocenters. The average Bonchev–Trinajstić information content (AvgIpc) is 3.04. The molecule has 110 valence electrons. The number of hydrogen-bond donors (Lipinski definition) is 0. The molecule has 0 aliphatic rings. The smallest absolute Gasteiger partial charge is 0.202 e. The normalized spacial score (nSPS) is 11.0. The lowest BCUT2D eigenvalue weighted by molar-refractivity contribution is 0.106. The maximum Gasteiger partial charge on any atom is 0.202 e. The molecule has 0 aliphatic carbocycles. The molecule has 4 rings (SSSR count). The van der Waals surface area contributed by atoms with Crippen LogP contribution in [0.4, 0.5) is 0 Å². The molecule has 2 heteroatoms. The fourth-order valence-electron chi connectivity index (χ4n) is 2.75. The average molecular weight is 314 g/mol. The summed E-state index contributed by atoms with van der Waals surface area (Å²) in [6.07, 6.45) is 0. The van der Waals surface area contributed by atoms with Crippen molar-refractivity contribution in [2.24, 2.45) is 0 Å². The van der Waals surface area contributed by atoms with Crippen molar-refractivity contribution in [3.8, 4) is 0 Å². The highest BCUT2D eigenvalue weighted by atomic mass is 32.1. The fourth-order valence-corrected chi connectivity index (χ4v) is 3.78. The van der Waals surface area contributed by atoms with Crippen LogP contribution in [0.3, 0.4) is 0 Å². The predicted octanol–water partition coefficient (Wildman–Crippen LogP) is 5.95. The second-order valence-electron chi connectivity index (χ2n) is 5.52. The van der Waals surface area contributed by atoms with Crippen LogP contribution in [0.25, 0.3) is 26.4 Å². The molecule has 0 atom stereocenters. The Labute approximate surface area is 138 Å². The van der Waals surface area contributed by atoms with Gasteiger partial charge >= 0.3 is 0 Å². The Bertz CT molecular complexity index is 1020. The molecule has 0 N–H and O–H groups in total. The molecule has 1 heterocycles. The van der Waals surface area contributed by atoms with Crippen LogP contribution in [0.15, 0.2) is 79.4 Å². The number of thiophene rings is 1.